The van der Waals surface area contributed by atoms with Crippen molar-refractivity contribution >= 4 is 20.8 Å². The molecule has 4 aliphatic carbocycles. The third-order valence-corrected chi connectivity index (χ3v) is 12.5. The lowest BCUT2D eigenvalue weighted by molar-refractivity contribution is -0.204. The zero-order valence-electron chi connectivity index (χ0n) is 23.6. The van der Waals surface area contributed by atoms with E-state index in [0.29, 0.717) is 37.0 Å². The van der Waals surface area contributed by atoms with E-state index in [1.54, 1.807) is 0 Å². The van der Waals surface area contributed by atoms with Crippen molar-refractivity contribution in [3.8, 4) is 0 Å². The van der Waals surface area contributed by atoms with Crippen LogP contribution in [0.3, 0.4) is 0 Å². The van der Waals surface area contributed by atoms with E-state index in [4.69, 9.17) is 8.74 Å². The maximum absolute atomic E-state index is 11.5. The maximum atomic E-state index is 11.5. The first-order valence-electron chi connectivity index (χ1n) is 14.6. The summed E-state index contributed by atoms with van der Waals surface area (Å²) in [5.74, 6) is 1.54. The van der Waals surface area contributed by atoms with E-state index in [0.717, 1.165) is 44.9 Å². The van der Waals surface area contributed by atoms with Gasteiger partial charge in [0.25, 0.3) is 0 Å². The summed E-state index contributed by atoms with van der Waals surface area (Å²) in [6.07, 6.45) is 5.82. The molecule has 0 aromatic heterocycles. The van der Waals surface area contributed by atoms with Gasteiger partial charge in [-0.25, -0.2) is 8.37 Å². The first-order chi connectivity index (χ1) is 18.0. The van der Waals surface area contributed by atoms with Crippen molar-refractivity contribution in [1.82, 2.24) is 0 Å². The average molecular weight is 597 g/mol. The predicted octanol–water partition coefficient (Wildman–Crippen LogP) is 4.04. The highest BCUT2D eigenvalue weighted by Crippen LogP contribution is 2.68. The van der Waals surface area contributed by atoms with Crippen LogP contribution in [-0.2, 0) is 29.2 Å². The van der Waals surface area contributed by atoms with Crippen molar-refractivity contribution in [2.45, 2.75) is 110 Å². The smallest absolute Gasteiger partial charge is 0.393 e. The van der Waals surface area contributed by atoms with E-state index in [1.165, 1.54) is 0 Å². The molecule has 0 aromatic rings. The molecule has 0 heterocycles. The lowest BCUT2D eigenvalue weighted by Crippen LogP contribution is -2.62. The Hall–Kier alpha value is -0.340. The predicted molar refractivity (Wildman–Crippen MR) is 144 cm³/mol. The van der Waals surface area contributed by atoms with Crippen LogP contribution >= 0.6 is 0 Å². The molecule has 0 aliphatic heterocycles. The molecule has 5 unspecified atom stereocenters. The number of aliphatic hydroxyl groups is 2. The van der Waals surface area contributed by atoms with E-state index >= 15 is 0 Å². The minimum Gasteiger partial charge on any atom is -0.393 e. The normalized spacial score (nSPS) is 44.2. The van der Waals surface area contributed by atoms with Crippen LogP contribution in [0.4, 0.5) is 0 Å². The Morgan fingerprint density at radius 1 is 0.846 bits per heavy atom. The molecule has 12 atom stereocenters. The topological polar surface area (TPSA) is 168 Å². The lowest BCUT2D eigenvalue weighted by Gasteiger charge is -2.63. The summed E-state index contributed by atoms with van der Waals surface area (Å²) in [5, 5.41) is 22.6. The van der Waals surface area contributed by atoms with Crippen LogP contribution in [0, 0.1) is 52.3 Å². The van der Waals surface area contributed by atoms with Gasteiger partial charge in [0.1, 0.15) is 6.10 Å². The van der Waals surface area contributed by atoms with Gasteiger partial charge in [0, 0.05) is 0 Å². The summed E-state index contributed by atoms with van der Waals surface area (Å²) in [7, 11) is -9.08. The highest BCUT2D eigenvalue weighted by atomic mass is 32.3. The van der Waals surface area contributed by atoms with Gasteiger partial charge >= 0.3 is 20.8 Å². The van der Waals surface area contributed by atoms with Gasteiger partial charge in [0.2, 0.25) is 0 Å². The fourth-order valence-corrected chi connectivity index (χ4v) is 10.7. The zero-order chi connectivity index (χ0) is 29.0. The Kier molecular flexibility index (Phi) is 9.23. The fourth-order valence-electron chi connectivity index (χ4n) is 9.76. The second-order valence-electron chi connectivity index (χ2n) is 13.8. The monoisotopic (exact) mass is 596 g/mol. The summed E-state index contributed by atoms with van der Waals surface area (Å²) in [5.41, 5.74) is -0.109. The molecule has 39 heavy (non-hydrogen) atoms. The van der Waals surface area contributed by atoms with Crippen molar-refractivity contribution in [3.05, 3.63) is 0 Å². The van der Waals surface area contributed by atoms with Crippen LogP contribution in [0.1, 0.15) is 91.9 Å². The largest absolute Gasteiger partial charge is 0.397 e. The zero-order valence-corrected chi connectivity index (χ0v) is 25.2. The van der Waals surface area contributed by atoms with E-state index in [1.807, 2.05) is 6.92 Å². The molecular weight excluding hydrogens is 548 g/mol. The van der Waals surface area contributed by atoms with Crippen molar-refractivity contribution in [1.29, 1.82) is 0 Å². The Morgan fingerprint density at radius 3 is 2.13 bits per heavy atom. The second-order valence-corrected chi connectivity index (χ2v) is 15.9. The Labute approximate surface area is 234 Å². The van der Waals surface area contributed by atoms with Crippen LogP contribution in [0.2, 0.25) is 0 Å². The van der Waals surface area contributed by atoms with E-state index in [-0.39, 0.29) is 41.1 Å². The molecular formula is C27H48O10S2. The molecule has 0 spiro atoms. The van der Waals surface area contributed by atoms with Crippen LogP contribution in [0.25, 0.3) is 0 Å². The standard InChI is InChI=1S/C27H48O10S2/c1-16(15-36-38(30,31)32)6-5-7-17(2)18-8-9-19-24-20(10-12-26(18,19)3)27(4)13-11-23(37-39(33,34)35)25(29)21(27)14-22(24)28/h16-25,28-29H,5-15H2,1-4H3,(H,30,31,32)(H,33,34,35)/t16?,17-,18-,19?,20?,21+,22?,23-,24?,25-,26-,27-/m1/s1. The summed E-state index contributed by atoms with van der Waals surface area (Å²) in [6.45, 7) is 8.80. The summed E-state index contributed by atoms with van der Waals surface area (Å²) >= 11 is 0. The fraction of sp³-hybridized carbons (Fsp3) is 1.00. The van der Waals surface area contributed by atoms with Gasteiger partial charge in [-0.1, -0.05) is 40.5 Å². The molecule has 12 heteroatoms. The van der Waals surface area contributed by atoms with Gasteiger partial charge in [-0.3, -0.25) is 9.11 Å². The molecule has 228 valence electrons. The molecule has 10 nitrogen and oxygen atoms in total. The molecule has 0 aromatic carbocycles. The SMILES string of the molecule is CC(CCC[C@@H](C)[C@H]1CCC2C3C(O)C[C@H]4[C@@H](O)[C@H](OS(=O)(=O)O)CC[C@]4(C)C3CC[C@@]21C)COS(=O)(=O)O. The van der Waals surface area contributed by atoms with Crippen molar-refractivity contribution in [2.75, 3.05) is 6.61 Å². The van der Waals surface area contributed by atoms with E-state index in [2.05, 4.69) is 25.0 Å². The number of aliphatic hydroxyl groups excluding tert-OH is 2. The highest BCUT2D eigenvalue weighted by molar-refractivity contribution is 7.81. The highest BCUT2D eigenvalue weighted by Gasteiger charge is 2.64. The summed E-state index contributed by atoms with van der Waals surface area (Å²) in [4.78, 5) is 0. The lowest BCUT2D eigenvalue weighted by atomic mass is 9.43. The van der Waals surface area contributed by atoms with Crippen LogP contribution in [-0.4, -0.2) is 61.1 Å². The number of rotatable bonds is 10. The van der Waals surface area contributed by atoms with E-state index in [9.17, 15) is 31.6 Å². The van der Waals surface area contributed by atoms with Crippen LogP contribution < -0.4 is 0 Å². The number of hydrogen-bond acceptors (Lipinski definition) is 8. The molecule has 0 radical (unpaired) electrons. The minimum atomic E-state index is -4.67. The Balaban J connectivity index is 1.41. The van der Waals surface area contributed by atoms with Gasteiger partial charge in [0.05, 0.1) is 18.8 Å². The molecule has 0 bridgehead atoms. The molecule has 4 fully saturated rings. The average Bonchev–Trinajstić information content (AvgIpc) is 3.17. The maximum Gasteiger partial charge on any atom is 0.397 e. The molecule has 4 N–H and O–H groups in total. The van der Waals surface area contributed by atoms with Gasteiger partial charge < -0.3 is 10.2 Å². The number of hydrogen-bond donors (Lipinski definition) is 4. The summed E-state index contributed by atoms with van der Waals surface area (Å²) in [6, 6.07) is 0. The van der Waals surface area contributed by atoms with E-state index < -0.39 is 39.1 Å². The number of fused-ring (bicyclic) bond motifs is 5. The minimum absolute atomic E-state index is 0.0193. The van der Waals surface area contributed by atoms with Gasteiger partial charge in [-0.2, -0.15) is 16.8 Å². The van der Waals surface area contributed by atoms with Crippen molar-refractivity contribution in [2.24, 2.45) is 52.3 Å². The third-order valence-electron chi connectivity index (χ3n) is 11.6. The Morgan fingerprint density at radius 2 is 1.49 bits per heavy atom. The molecule has 4 rings (SSSR count). The summed E-state index contributed by atoms with van der Waals surface area (Å²) < 4.78 is 71.6. The van der Waals surface area contributed by atoms with Crippen LogP contribution in [0.15, 0.2) is 0 Å². The second kappa shape index (κ2) is 11.4. The van der Waals surface area contributed by atoms with Gasteiger partial charge in [0.15, 0.2) is 0 Å². The quantitative estimate of drug-likeness (QED) is 0.270. The van der Waals surface area contributed by atoms with Crippen molar-refractivity contribution in [3.63, 3.8) is 0 Å². The third kappa shape index (κ3) is 6.53. The molecule has 4 saturated carbocycles. The Bertz CT molecular complexity index is 1080. The van der Waals surface area contributed by atoms with Crippen molar-refractivity contribution < 1.29 is 44.5 Å². The molecule has 4 aliphatic rings. The van der Waals surface area contributed by atoms with Gasteiger partial charge in [-0.05, 0) is 104 Å². The van der Waals surface area contributed by atoms with Gasteiger partial charge in [-0.15, -0.1) is 0 Å². The molecule has 0 amide bonds. The molecule has 0 saturated heterocycles. The van der Waals surface area contributed by atoms with Crippen LogP contribution in [0.5, 0.6) is 0 Å². The first-order valence-corrected chi connectivity index (χ1v) is 17.3. The first kappa shape index (κ1) is 31.6.